The molecular weight excluding hydrogens is 347 g/mol. The first-order chi connectivity index (χ1) is 12.9. The quantitative estimate of drug-likeness (QED) is 0.693. The van der Waals surface area contributed by atoms with Crippen LogP contribution < -0.4 is 4.90 Å². The van der Waals surface area contributed by atoms with Crippen LogP contribution in [0.5, 0.6) is 0 Å². The number of aromatic nitrogens is 4. The average Bonchev–Trinajstić information content (AvgIpc) is 3.05. The number of piperazine rings is 1. The van der Waals surface area contributed by atoms with Gasteiger partial charge in [-0.3, -0.25) is 9.20 Å². The lowest BCUT2D eigenvalue weighted by Crippen LogP contribution is -2.49. The number of hydrogen-bond acceptors (Lipinski definition) is 5. The first-order valence-electron chi connectivity index (χ1n) is 8.94. The van der Waals surface area contributed by atoms with E-state index in [1.807, 2.05) is 24.3 Å². The summed E-state index contributed by atoms with van der Waals surface area (Å²) in [7, 11) is 0. The van der Waals surface area contributed by atoms with Crippen molar-refractivity contribution in [3.05, 3.63) is 52.7 Å². The minimum Gasteiger partial charge on any atom is -0.353 e. The van der Waals surface area contributed by atoms with Crippen LogP contribution in [-0.4, -0.2) is 56.6 Å². The van der Waals surface area contributed by atoms with Crippen molar-refractivity contribution in [2.45, 2.75) is 20.8 Å². The third-order valence-electron chi connectivity index (χ3n) is 5.02. The van der Waals surface area contributed by atoms with E-state index < -0.39 is 0 Å². The molecule has 1 aliphatic heterocycles. The molecule has 1 aromatic carbocycles. The van der Waals surface area contributed by atoms with Crippen LogP contribution >= 0.6 is 0 Å². The third-order valence-corrected chi connectivity index (χ3v) is 5.02. The molecule has 4 rings (SSSR count). The predicted octanol–water partition coefficient (Wildman–Crippen LogP) is 2.15. The van der Waals surface area contributed by atoms with Gasteiger partial charge in [0.15, 0.2) is 0 Å². The largest absolute Gasteiger partial charge is 0.353 e. The van der Waals surface area contributed by atoms with Crippen molar-refractivity contribution in [1.29, 1.82) is 0 Å². The fourth-order valence-electron chi connectivity index (χ4n) is 3.43. The summed E-state index contributed by atoms with van der Waals surface area (Å²) in [4.78, 5) is 21.1. The fourth-order valence-corrected chi connectivity index (χ4v) is 3.43. The molecule has 7 nitrogen and oxygen atoms in total. The summed E-state index contributed by atoms with van der Waals surface area (Å²) in [6.45, 7) is 8.03. The molecule has 0 aliphatic carbocycles. The molecule has 1 aliphatic rings. The van der Waals surface area contributed by atoms with Gasteiger partial charge in [0.2, 0.25) is 0 Å². The molecule has 140 valence electrons. The van der Waals surface area contributed by atoms with Crippen LogP contribution in [0.3, 0.4) is 0 Å². The summed E-state index contributed by atoms with van der Waals surface area (Å²) >= 11 is 0. The summed E-state index contributed by atoms with van der Waals surface area (Å²) in [6, 6.07) is 6.65. The van der Waals surface area contributed by atoms with E-state index in [0.29, 0.717) is 43.1 Å². The Labute approximate surface area is 156 Å². The number of amides is 1. The van der Waals surface area contributed by atoms with Crippen molar-refractivity contribution in [3.63, 3.8) is 0 Å². The van der Waals surface area contributed by atoms with E-state index in [2.05, 4.69) is 20.1 Å². The van der Waals surface area contributed by atoms with Crippen LogP contribution in [0.4, 0.5) is 10.2 Å². The van der Waals surface area contributed by atoms with Crippen molar-refractivity contribution in [2.24, 2.45) is 0 Å². The highest BCUT2D eigenvalue weighted by Gasteiger charge is 2.24. The molecule has 2 aromatic heterocycles. The summed E-state index contributed by atoms with van der Waals surface area (Å²) in [5.41, 5.74) is 1.95. The number of anilines is 1. The van der Waals surface area contributed by atoms with Crippen molar-refractivity contribution in [2.75, 3.05) is 31.1 Å². The maximum absolute atomic E-state index is 13.8. The first kappa shape index (κ1) is 17.4. The van der Waals surface area contributed by atoms with Crippen LogP contribution in [0, 0.1) is 26.6 Å². The Hall–Kier alpha value is -3.03. The van der Waals surface area contributed by atoms with E-state index in [4.69, 9.17) is 0 Å². The number of nitrogens with zero attached hydrogens (tertiary/aromatic N) is 6. The second kappa shape index (κ2) is 6.61. The standard InChI is InChI=1S/C19H21FN6O/c1-12-4-5-15(11-16(12)20)18(27)25-8-6-24(7-9-25)17-10-13(2)26-14(3)22-23-19(26)21-17/h4-5,10-11H,6-9H2,1-3H3. The Morgan fingerprint density at radius 1 is 1.04 bits per heavy atom. The van der Waals surface area contributed by atoms with Gasteiger partial charge < -0.3 is 9.80 Å². The molecule has 1 amide bonds. The Kier molecular flexibility index (Phi) is 4.25. The first-order valence-corrected chi connectivity index (χ1v) is 8.94. The minimum atomic E-state index is -0.351. The highest BCUT2D eigenvalue weighted by atomic mass is 19.1. The maximum atomic E-state index is 13.8. The molecular formula is C19H21FN6O. The number of aryl methyl sites for hydroxylation is 3. The van der Waals surface area contributed by atoms with E-state index in [9.17, 15) is 9.18 Å². The SMILES string of the molecule is Cc1ccc(C(=O)N2CCN(c3cc(C)n4c(C)nnc4n3)CC2)cc1F. The highest BCUT2D eigenvalue weighted by Crippen LogP contribution is 2.19. The van der Waals surface area contributed by atoms with Gasteiger partial charge in [0, 0.05) is 43.5 Å². The van der Waals surface area contributed by atoms with E-state index in [1.54, 1.807) is 24.0 Å². The summed E-state index contributed by atoms with van der Waals surface area (Å²) < 4.78 is 15.7. The van der Waals surface area contributed by atoms with Crippen LogP contribution in [-0.2, 0) is 0 Å². The number of hydrogen-bond donors (Lipinski definition) is 0. The molecule has 0 unspecified atom stereocenters. The molecule has 0 bridgehead atoms. The summed E-state index contributed by atoms with van der Waals surface area (Å²) in [5.74, 6) is 1.73. The smallest absolute Gasteiger partial charge is 0.257 e. The molecule has 3 heterocycles. The number of carbonyl (C=O) groups excluding carboxylic acids is 1. The Morgan fingerprint density at radius 3 is 2.48 bits per heavy atom. The molecule has 1 fully saturated rings. The maximum Gasteiger partial charge on any atom is 0.257 e. The van der Waals surface area contributed by atoms with Gasteiger partial charge >= 0.3 is 0 Å². The average molecular weight is 368 g/mol. The van der Waals surface area contributed by atoms with E-state index in [-0.39, 0.29) is 11.7 Å². The monoisotopic (exact) mass is 368 g/mol. The van der Waals surface area contributed by atoms with Gasteiger partial charge in [-0.15, -0.1) is 10.2 Å². The van der Waals surface area contributed by atoms with Gasteiger partial charge in [-0.1, -0.05) is 6.07 Å². The molecule has 0 N–H and O–H groups in total. The van der Waals surface area contributed by atoms with Gasteiger partial charge in [-0.05, 0) is 38.5 Å². The van der Waals surface area contributed by atoms with Gasteiger partial charge in [0.05, 0.1) is 0 Å². The van der Waals surface area contributed by atoms with Crippen LogP contribution in [0.25, 0.3) is 5.78 Å². The predicted molar refractivity (Wildman–Crippen MR) is 99.5 cm³/mol. The lowest BCUT2D eigenvalue weighted by molar-refractivity contribution is 0.0746. The summed E-state index contributed by atoms with van der Waals surface area (Å²) in [6.07, 6.45) is 0. The molecule has 0 saturated carbocycles. The normalized spacial score (nSPS) is 14.8. The molecule has 3 aromatic rings. The lowest BCUT2D eigenvalue weighted by atomic mass is 10.1. The number of rotatable bonds is 2. The number of benzene rings is 1. The second-order valence-electron chi connectivity index (χ2n) is 6.88. The van der Waals surface area contributed by atoms with Gasteiger partial charge in [0.1, 0.15) is 17.5 Å². The molecule has 1 saturated heterocycles. The third kappa shape index (κ3) is 3.11. The van der Waals surface area contributed by atoms with Crippen molar-refractivity contribution < 1.29 is 9.18 Å². The van der Waals surface area contributed by atoms with Crippen molar-refractivity contribution >= 4 is 17.5 Å². The number of fused-ring (bicyclic) bond motifs is 1. The van der Waals surface area contributed by atoms with Crippen LogP contribution in [0.1, 0.15) is 27.4 Å². The topological polar surface area (TPSA) is 66.6 Å². The molecule has 27 heavy (non-hydrogen) atoms. The van der Waals surface area contributed by atoms with Crippen LogP contribution in [0.15, 0.2) is 24.3 Å². The molecule has 0 spiro atoms. The van der Waals surface area contributed by atoms with Gasteiger partial charge in [0.25, 0.3) is 11.7 Å². The Morgan fingerprint density at radius 2 is 1.78 bits per heavy atom. The van der Waals surface area contributed by atoms with E-state index in [0.717, 1.165) is 17.3 Å². The van der Waals surface area contributed by atoms with Crippen LogP contribution in [0.2, 0.25) is 0 Å². The van der Waals surface area contributed by atoms with E-state index >= 15 is 0 Å². The van der Waals surface area contributed by atoms with Crippen molar-refractivity contribution in [3.8, 4) is 0 Å². The Balaban J connectivity index is 1.48. The zero-order chi connectivity index (χ0) is 19.1. The lowest BCUT2D eigenvalue weighted by Gasteiger charge is -2.35. The highest BCUT2D eigenvalue weighted by molar-refractivity contribution is 5.94. The summed E-state index contributed by atoms with van der Waals surface area (Å²) in [5, 5.41) is 8.18. The zero-order valence-corrected chi connectivity index (χ0v) is 15.6. The number of carbonyl (C=O) groups is 1. The fraction of sp³-hybridized carbons (Fsp3) is 0.368. The minimum absolute atomic E-state index is 0.138. The van der Waals surface area contributed by atoms with Crippen molar-refractivity contribution in [1.82, 2.24) is 24.5 Å². The van der Waals surface area contributed by atoms with Gasteiger partial charge in [-0.25, -0.2) is 4.39 Å². The molecule has 0 radical (unpaired) electrons. The number of halogens is 1. The molecule has 0 atom stereocenters. The molecule has 8 heteroatoms. The Bertz CT molecular complexity index is 1020. The van der Waals surface area contributed by atoms with E-state index in [1.165, 1.54) is 6.07 Å². The second-order valence-corrected chi connectivity index (χ2v) is 6.88. The van der Waals surface area contributed by atoms with Gasteiger partial charge in [-0.2, -0.15) is 4.98 Å². The zero-order valence-electron chi connectivity index (χ0n) is 15.6.